The summed E-state index contributed by atoms with van der Waals surface area (Å²) < 4.78 is 1.40. The fourth-order valence-corrected chi connectivity index (χ4v) is 4.07. The monoisotopic (exact) mass is 460 g/mol. The van der Waals surface area contributed by atoms with E-state index in [-0.39, 0.29) is 43.7 Å². The molecule has 34 heavy (non-hydrogen) atoms. The maximum absolute atomic E-state index is 12.9. The zero-order valence-corrected chi connectivity index (χ0v) is 18.2. The third kappa shape index (κ3) is 4.00. The predicted octanol–water partition coefficient (Wildman–Crippen LogP) is 0.443. The summed E-state index contributed by atoms with van der Waals surface area (Å²) in [5.41, 5.74) is 2.76. The van der Waals surface area contributed by atoms with Crippen LogP contribution in [0.3, 0.4) is 0 Å². The van der Waals surface area contributed by atoms with Gasteiger partial charge in [0, 0.05) is 47.7 Å². The first-order valence-electron chi connectivity index (χ1n) is 10.6. The van der Waals surface area contributed by atoms with Gasteiger partial charge in [-0.1, -0.05) is 11.3 Å². The van der Waals surface area contributed by atoms with E-state index in [1.54, 1.807) is 43.7 Å². The van der Waals surface area contributed by atoms with Gasteiger partial charge in [0.25, 0.3) is 5.91 Å². The number of carbonyl (C=O) groups is 4. The molecular formula is C22H20N8O4. The van der Waals surface area contributed by atoms with Crippen LogP contribution >= 0.6 is 0 Å². The van der Waals surface area contributed by atoms with Crippen LogP contribution < -0.4 is 10.6 Å². The van der Waals surface area contributed by atoms with E-state index in [1.807, 2.05) is 0 Å². The Bertz CT molecular complexity index is 1320. The number of carbonyl (C=O) groups excluding carboxylic acids is 4. The summed E-state index contributed by atoms with van der Waals surface area (Å²) in [5.74, 6) is -0.840. The van der Waals surface area contributed by atoms with E-state index in [0.717, 1.165) is 0 Å². The summed E-state index contributed by atoms with van der Waals surface area (Å²) in [7, 11) is 0. The molecule has 2 aliphatic rings. The number of benzene rings is 1. The lowest BCUT2D eigenvalue weighted by atomic mass is 10.0. The van der Waals surface area contributed by atoms with Crippen LogP contribution in [-0.2, 0) is 27.5 Å². The molecule has 12 nitrogen and oxygen atoms in total. The van der Waals surface area contributed by atoms with Gasteiger partial charge in [-0.3, -0.25) is 24.5 Å². The van der Waals surface area contributed by atoms with Crippen LogP contribution in [0.2, 0.25) is 0 Å². The topological polar surface area (TPSA) is 152 Å². The van der Waals surface area contributed by atoms with Crippen LogP contribution in [0.1, 0.15) is 34.6 Å². The molecule has 1 unspecified atom stereocenters. The summed E-state index contributed by atoms with van der Waals surface area (Å²) in [6.45, 7) is 1.86. The molecule has 1 saturated heterocycles. The highest BCUT2D eigenvalue weighted by molar-refractivity contribution is 6.06. The summed E-state index contributed by atoms with van der Waals surface area (Å²) in [4.78, 5) is 59.0. The molecule has 0 bridgehead atoms. The van der Waals surface area contributed by atoms with Gasteiger partial charge in [-0.25, -0.2) is 14.6 Å². The lowest BCUT2D eigenvalue weighted by Crippen LogP contribution is -2.52. The molecular weight excluding hydrogens is 440 g/mol. The molecule has 12 heteroatoms. The Hall–Kier alpha value is -4.48. The minimum absolute atomic E-state index is 0.0891. The molecule has 0 spiro atoms. The second-order valence-corrected chi connectivity index (χ2v) is 8.10. The van der Waals surface area contributed by atoms with Crippen molar-refractivity contribution in [2.45, 2.75) is 38.9 Å². The molecule has 2 N–H and O–H groups in total. The first kappa shape index (κ1) is 21.4. The zero-order valence-electron chi connectivity index (χ0n) is 18.2. The van der Waals surface area contributed by atoms with E-state index in [1.165, 1.54) is 9.58 Å². The maximum atomic E-state index is 12.9. The third-order valence-electron chi connectivity index (χ3n) is 5.78. The molecule has 4 heterocycles. The Kier molecular flexibility index (Phi) is 5.32. The van der Waals surface area contributed by atoms with Crippen LogP contribution in [-0.4, -0.2) is 59.5 Å². The Morgan fingerprint density at radius 1 is 1.21 bits per heavy atom. The molecule has 3 aromatic rings. The van der Waals surface area contributed by atoms with Crippen molar-refractivity contribution >= 4 is 29.3 Å². The molecule has 0 radical (unpaired) electrons. The van der Waals surface area contributed by atoms with Gasteiger partial charge in [0.05, 0.1) is 6.20 Å². The van der Waals surface area contributed by atoms with Gasteiger partial charge in [0.1, 0.15) is 24.1 Å². The number of rotatable bonds is 5. The number of fused-ring (bicyclic) bond motifs is 1. The van der Waals surface area contributed by atoms with Crippen molar-refractivity contribution in [2.75, 3.05) is 5.32 Å². The van der Waals surface area contributed by atoms with E-state index in [2.05, 4.69) is 30.9 Å². The molecule has 0 saturated carbocycles. The first-order chi connectivity index (χ1) is 16.4. The average molecular weight is 460 g/mol. The number of aromatic nitrogens is 5. The van der Waals surface area contributed by atoms with Crippen LogP contribution in [0, 0.1) is 6.92 Å². The van der Waals surface area contributed by atoms with Gasteiger partial charge < -0.3 is 10.2 Å². The molecule has 4 amide bonds. The van der Waals surface area contributed by atoms with Crippen LogP contribution in [0.4, 0.5) is 5.69 Å². The standard InChI is InChI=1S/C22H20N8O4/c1-12-23-7-13(8-24-12)17-10-29(28-27-17)11-20(32)25-16-4-2-3-14-15(16)9-30(22(14)34)18-5-6-19(31)26-21(18)33/h2-4,7-8,10,18H,5-6,9,11H2,1H3,(H,25,32)(H,26,31,33). The van der Waals surface area contributed by atoms with E-state index >= 15 is 0 Å². The molecule has 172 valence electrons. The normalized spacial score (nSPS) is 17.5. The van der Waals surface area contributed by atoms with Crippen molar-refractivity contribution in [3.8, 4) is 11.3 Å². The lowest BCUT2D eigenvalue weighted by molar-refractivity contribution is -0.137. The van der Waals surface area contributed by atoms with Crippen molar-refractivity contribution in [2.24, 2.45) is 0 Å². The number of piperidine rings is 1. The number of hydrogen-bond donors (Lipinski definition) is 2. The SMILES string of the molecule is Cc1ncc(-c2cn(CC(=O)Nc3cccc4c3CN(C3CCC(=O)NC3=O)C4=O)nn2)cn1. The highest BCUT2D eigenvalue weighted by Crippen LogP contribution is 2.32. The molecule has 1 aromatic carbocycles. The first-order valence-corrected chi connectivity index (χ1v) is 10.6. The fraction of sp³-hybridized carbons (Fsp3) is 0.273. The van der Waals surface area contributed by atoms with E-state index in [0.29, 0.717) is 33.9 Å². The van der Waals surface area contributed by atoms with Crippen molar-refractivity contribution in [1.82, 2.24) is 35.2 Å². The molecule has 2 aliphatic heterocycles. The van der Waals surface area contributed by atoms with Gasteiger partial charge in [-0.15, -0.1) is 5.10 Å². The van der Waals surface area contributed by atoms with Gasteiger partial charge in [-0.05, 0) is 25.5 Å². The van der Waals surface area contributed by atoms with Gasteiger partial charge in [0.15, 0.2) is 0 Å². The largest absolute Gasteiger partial charge is 0.324 e. The van der Waals surface area contributed by atoms with E-state index < -0.39 is 11.9 Å². The maximum Gasteiger partial charge on any atom is 0.255 e. The minimum atomic E-state index is -0.722. The highest BCUT2D eigenvalue weighted by atomic mass is 16.2. The predicted molar refractivity (Wildman–Crippen MR) is 117 cm³/mol. The summed E-state index contributed by atoms with van der Waals surface area (Å²) in [5, 5.41) is 13.1. The molecule has 1 fully saturated rings. The van der Waals surface area contributed by atoms with Gasteiger partial charge in [0.2, 0.25) is 17.7 Å². The van der Waals surface area contributed by atoms with Crippen LogP contribution in [0.15, 0.2) is 36.8 Å². The quantitative estimate of drug-likeness (QED) is 0.521. The number of imide groups is 1. The molecule has 5 rings (SSSR count). The van der Waals surface area contributed by atoms with E-state index in [9.17, 15) is 19.2 Å². The van der Waals surface area contributed by atoms with Gasteiger partial charge >= 0.3 is 0 Å². The Morgan fingerprint density at radius 3 is 2.76 bits per heavy atom. The summed E-state index contributed by atoms with van der Waals surface area (Å²) in [6.07, 6.45) is 5.34. The van der Waals surface area contributed by atoms with Crippen molar-refractivity contribution in [3.63, 3.8) is 0 Å². The number of amides is 4. The van der Waals surface area contributed by atoms with Crippen LogP contribution in [0.25, 0.3) is 11.3 Å². The Labute approximate surface area is 193 Å². The third-order valence-corrected chi connectivity index (χ3v) is 5.78. The van der Waals surface area contributed by atoms with Crippen LogP contribution in [0.5, 0.6) is 0 Å². The van der Waals surface area contributed by atoms with Crippen molar-refractivity contribution in [1.29, 1.82) is 0 Å². The lowest BCUT2D eigenvalue weighted by Gasteiger charge is -2.29. The number of aryl methyl sites for hydroxylation is 1. The number of nitrogens with zero attached hydrogens (tertiary/aromatic N) is 6. The number of hydrogen-bond acceptors (Lipinski definition) is 8. The average Bonchev–Trinajstić information content (AvgIpc) is 3.40. The van der Waals surface area contributed by atoms with Crippen molar-refractivity contribution in [3.05, 3.63) is 53.7 Å². The van der Waals surface area contributed by atoms with Crippen molar-refractivity contribution < 1.29 is 19.2 Å². The van der Waals surface area contributed by atoms with E-state index in [4.69, 9.17) is 0 Å². The number of anilines is 1. The second-order valence-electron chi connectivity index (χ2n) is 8.10. The summed E-state index contributed by atoms with van der Waals surface area (Å²) >= 11 is 0. The van der Waals surface area contributed by atoms with Gasteiger partial charge in [-0.2, -0.15) is 0 Å². The smallest absolute Gasteiger partial charge is 0.255 e. The molecule has 0 aliphatic carbocycles. The Morgan fingerprint density at radius 2 is 2.00 bits per heavy atom. The molecule has 2 aromatic heterocycles. The summed E-state index contributed by atoms with van der Waals surface area (Å²) in [6, 6.07) is 4.31. The minimum Gasteiger partial charge on any atom is -0.324 e. The Balaban J connectivity index is 1.28. The number of nitrogens with one attached hydrogen (secondary N) is 2. The molecule has 1 atom stereocenters. The highest BCUT2D eigenvalue weighted by Gasteiger charge is 2.39. The zero-order chi connectivity index (χ0) is 23.8. The second kappa shape index (κ2) is 8.46. The fourth-order valence-electron chi connectivity index (χ4n) is 4.07.